The minimum Gasteiger partial charge on any atom is -0.405 e. The van der Waals surface area contributed by atoms with Crippen molar-refractivity contribution in [3.63, 3.8) is 0 Å². The molecule has 13 heteroatoms. The van der Waals surface area contributed by atoms with Crippen LogP contribution in [-0.4, -0.2) is 43.3 Å². The van der Waals surface area contributed by atoms with Gasteiger partial charge in [0.1, 0.15) is 5.75 Å². The van der Waals surface area contributed by atoms with Crippen molar-refractivity contribution < 1.29 is 35.9 Å². The van der Waals surface area contributed by atoms with Gasteiger partial charge < -0.3 is 9.64 Å². The molecule has 0 saturated carbocycles. The Balaban J connectivity index is 1.68. The normalized spacial score (nSPS) is 16.4. The number of carbonyl (C=O) groups excluding carboxylic acids is 1. The van der Waals surface area contributed by atoms with E-state index in [-0.39, 0.29) is 23.4 Å². The van der Waals surface area contributed by atoms with Crippen LogP contribution in [0.2, 0.25) is 0 Å². The van der Waals surface area contributed by atoms with Crippen LogP contribution in [0.1, 0.15) is 45.8 Å². The summed E-state index contributed by atoms with van der Waals surface area (Å²) < 4.78 is 84.3. The van der Waals surface area contributed by atoms with E-state index in [0.29, 0.717) is 23.4 Å². The van der Waals surface area contributed by atoms with E-state index in [9.17, 15) is 31.1 Å². The summed E-state index contributed by atoms with van der Waals surface area (Å²) in [7, 11) is 3.00. The van der Waals surface area contributed by atoms with Crippen molar-refractivity contribution >= 4 is 5.91 Å². The maximum atomic E-state index is 13.3. The number of aryl methyl sites for hydroxylation is 2. The van der Waals surface area contributed by atoms with E-state index in [1.807, 2.05) is 0 Å². The molecule has 0 aliphatic carbocycles. The second kappa shape index (κ2) is 8.31. The Labute approximate surface area is 195 Å². The number of nitrogens with zero attached hydrogens (tertiary/aromatic N) is 5. The number of amides is 1. The average molecular weight is 501 g/mol. The smallest absolute Gasteiger partial charge is 0.405 e. The number of fused-ring (bicyclic) bond motifs is 1. The Morgan fingerprint density at radius 2 is 1.77 bits per heavy atom. The predicted octanol–water partition coefficient (Wildman–Crippen LogP) is 4.81. The third-order valence-corrected chi connectivity index (χ3v) is 6.06. The van der Waals surface area contributed by atoms with Crippen molar-refractivity contribution in [2.24, 2.45) is 14.1 Å². The van der Waals surface area contributed by atoms with Gasteiger partial charge in [-0.2, -0.15) is 23.4 Å². The Kier molecular flexibility index (Phi) is 5.84. The average Bonchev–Trinajstić information content (AvgIpc) is 3.28. The zero-order chi connectivity index (χ0) is 25.9. The molecule has 1 aliphatic heterocycles. The molecule has 7 nitrogen and oxygen atoms in total. The summed E-state index contributed by atoms with van der Waals surface area (Å²) >= 11 is 0. The van der Waals surface area contributed by atoms with Crippen LogP contribution in [0.4, 0.5) is 26.3 Å². The van der Waals surface area contributed by atoms with Gasteiger partial charge in [0.2, 0.25) is 0 Å². The standard InChI is InChI=1S/C22H21F6N5O2/c1-11-13(6-5-7-16(11)35-22(26,27)28)20(34)33-9-8-14-18(12(33)2)30-32(4)19(14)15-10-17(21(23,24)25)29-31(15)3/h5-7,10,12H,8-9H2,1-4H3. The van der Waals surface area contributed by atoms with E-state index in [2.05, 4.69) is 14.9 Å². The minimum atomic E-state index is -4.90. The Morgan fingerprint density at radius 1 is 1.09 bits per heavy atom. The fourth-order valence-electron chi connectivity index (χ4n) is 4.41. The van der Waals surface area contributed by atoms with Crippen LogP contribution >= 0.6 is 0 Å². The maximum Gasteiger partial charge on any atom is 0.573 e. The topological polar surface area (TPSA) is 65.2 Å². The summed E-state index contributed by atoms with van der Waals surface area (Å²) in [5.74, 6) is -0.967. The lowest BCUT2D eigenvalue weighted by Crippen LogP contribution is -2.39. The number of alkyl halides is 6. The SMILES string of the molecule is Cc1c(OC(F)(F)F)cccc1C(=O)N1CCc2c(nn(C)c2-c2cc(C(F)(F)F)nn2C)C1C. The van der Waals surface area contributed by atoms with Gasteiger partial charge in [-0.15, -0.1) is 13.2 Å². The Morgan fingerprint density at radius 3 is 2.37 bits per heavy atom. The molecule has 1 aromatic carbocycles. The molecule has 1 amide bonds. The number of carbonyl (C=O) groups is 1. The lowest BCUT2D eigenvalue weighted by Gasteiger charge is -2.33. The first-order valence-corrected chi connectivity index (χ1v) is 10.5. The van der Waals surface area contributed by atoms with Gasteiger partial charge in [-0.3, -0.25) is 14.2 Å². The summed E-state index contributed by atoms with van der Waals surface area (Å²) in [4.78, 5) is 14.8. The zero-order valence-electron chi connectivity index (χ0n) is 19.1. The van der Waals surface area contributed by atoms with Crippen molar-refractivity contribution in [1.82, 2.24) is 24.5 Å². The van der Waals surface area contributed by atoms with Crippen LogP contribution in [0, 0.1) is 6.92 Å². The highest BCUT2D eigenvalue weighted by Gasteiger charge is 2.38. The molecule has 0 bridgehead atoms. The monoisotopic (exact) mass is 501 g/mol. The second-order valence-corrected chi connectivity index (χ2v) is 8.27. The van der Waals surface area contributed by atoms with Crippen LogP contribution in [0.25, 0.3) is 11.4 Å². The van der Waals surface area contributed by atoms with Crippen LogP contribution in [0.3, 0.4) is 0 Å². The molecule has 1 unspecified atom stereocenters. The van der Waals surface area contributed by atoms with Gasteiger partial charge in [-0.25, -0.2) is 0 Å². The van der Waals surface area contributed by atoms with Gasteiger partial charge in [-0.05, 0) is 38.5 Å². The molecule has 0 N–H and O–H groups in total. The van der Waals surface area contributed by atoms with E-state index in [0.717, 1.165) is 16.8 Å². The van der Waals surface area contributed by atoms with Gasteiger partial charge in [-0.1, -0.05) is 6.07 Å². The predicted molar refractivity (Wildman–Crippen MR) is 111 cm³/mol. The second-order valence-electron chi connectivity index (χ2n) is 8.27. The number of hydrogen-bond donors (Lipinski definition) is 0. The molecule has 4 rings (SSSR count). The number of benzene rings is 1. The summed E-state index contributed by atoms with van der Waals surface area (Å²) in [6.07, 6.45) is -9.21. The summed E-state index contributed by atoms with van der Waals surface area (Å²) in [5, 5.41) is 8.03. The lowest BCUT2D eigenvalue weighted by atomic mass is 9.95. The van der Waals surface area contributed by atoms with Crippen molar-refractivity contribution in [3.8, 4) is 17.1 Å². The highest BCUT2D eigenvalue weighted by molar-refractivity contribution is 5.96. The molecule has 0 radical (unpaired) electrons. The molecule has 1 atom stereocenters. The molecular formula is C22H21F6N5O2. The van der Waals surface area contributed by atoms with Crippen LogP contribution < -0.4 is 4.74 Å². The van der Waals surface area contributed by atoms with Gasteiger partial charge in [0.15, 0.2) is 5.69 Å². The molecule has 3 aromatic rings. The quantitative estimate of drug-likeness (QED) is 0.484. The van der Waals surface area contributed by atoms with E-state index < -0.39 is 35.9 Å². The van der Waals surface area contributed by atoms with Gasteiger partial charge in [0.05, 0.1) is 23.1 Å². The van der Waals surface area contributed by atoms with E-state index in [4.69, 9.17) is 0 Å². The summed E-state index contributed by atoms with van der Waals surface area (Å²) in [5.41, 5.74) is 0.948. The molecule has 0 fully saturated rings. The number of ether oxygens (including phenoxy) is 1. The fourth-order valence-corrected chi connectivity index (χ4v) is 4.41. The molecule has 2 aromatic heterocycles. The first-order valence-electron chi connectivity index (χ1n) is 10.5. The van der Waals surface area contributed by atoms with Crippen LogP contribution in [0.15, 0.2) is 24.3 Å². The van der Waals surface area contributed by atoms with Crippen molar-refractivity contribution in [2.45, 2.75) is 38.8 Å². The fraction of sp³-hybridized carbons (Fsp3) is 0.409. The molecular weight excluding hydrogens is 480 g/mol. The third-order valence-electron chi connectivity index (χ3n) is 6.06. The largest absolute Gasteiger partial charge is 0.573 e. The van der Waals surface area contributed by atoms with E-state index in [1.54, 1.807) is 14.0 Å². The van der Waals surface area contributed by atoms with E-state index in [1.165, 1.54) is 35.7 Å². The number of rotatable bonds is 3. The molecule has 188 valence electrons. The summed E-state index contributed by atoms with van der Waals surface area (Å²) in [6, 6.07) is 4.23. The van der Waals surface area contributed by atoms with Crippen molar-refractivity contribution in [1.29, 1.82) is 0 Å². The molecule has 35 heavy (non-hydrogen) atoms. The van der Waals surface area contributed by atoms with Gasteiger partial charge >= 0.3 is 12.5 Å². The summed E-state index contributed by atoms with van der Waals surface area (Å²) in [6.45, 7) is 3.27. The molecule has 1 aliphatic rings. The zero-order valence-corrected chi connectivity index (χ0v) is 19.1. The van der Waals surface area contributed by atoms with Crippen LogP contribution in [-0.2, 0) is 26.7 Å². The maximum absolute atomic E-state index is 13.3. The van der Waals surface area contributed by atoms with Crippen molar-refractivity contribution in [3.05, 3.63) is 52.3 Å². The number of aromatic nitrogens is 4. The highest BCUT2D eigenvalue weighted by atomic mass is 19.4. The molecule has 0 saturated heterocycles. The third kappa shape index (κ3) is 4.46. The van der Waals surface area contributed by atoms with Crippen molar-refractivity contribution in [2.75, 3.05) is 6.54 Å². The number of hydrogen-bond acceptors (Lipinski definition) is 4. The minimum absolute atomic E-state index is 0.0455. The first kappa shape index (κ1) is 24.6. The van der Waals surface area contributed by atoms with Gasteiger partial charge in [0.25, 0.3) is 5.91 Å². The Hall–Kier alpha value is -3.51. The van der Waals surface area contributed by atoms with E-state index >= 15 is 0 Å². The first-order chi connectivity index (χ1) is 16.2. The highest BCUT2D eigenvalue weighted by Crippen LogP contribution is 2.38. The van der Waals surface area contributed by atoms with Crippen LogP contribution in [0.5, 0.6) is 5.75 Å². The van der Waals surface area contributed by atoms with Gasteiger partial charge in [0, 0.05) is 37.3 Å². The molecule has 0 spiro atoms. The molecule has 3 heterocycles. The number of halogens is 6. The lowest BCUT2D eigenvalue weighted by molar-refractivity contribution is -0.274. The Bertz CT molecular complexity index is 1290.